The molecule has 2 N–H and O–H groups in total. The minimum Gasteiger partial charge on any atom is -0.366 e. The standard InChI is InChI=1S/C8H12BrNO/c9-7-5-3-1-2-4-6(7)8(10)11/h1-5H2,(H2,10,11). The molecule has 0 aromatic rings. The summed E-state index contributed by atoms with van der Waals surface area (Å²) in [5.74, 6) is -0.265. The summed E-state index contributed by atoms with van der Waals surface area (Å²) in [4.78, 5) is 10.9. The van der Waals surface area contributed by atoms with E-state index in [9.17, 15) is 4.79 Å². The Morgan fingerprint density at radius 2 is 1.91 bits per heavy atom. The van der Waals surface area contributed by atoms with E-state index in [-0.39, 0.29) is 5.91 Å². The highest BCUT2D eigenvalue weighted by molar-refractivity contribution is 9.11. The fraction of sp³-hybridized carbons (Fsp3) is 0.625. The van der Waals surface area contributed by atoms with Crippen LogP contribution in [0.15, 0.2) is 10.1 Å². The first-order valence-electron chi connectivity index (χ1n) is 3.89. The van der Waals surface area contributed by atoms with Gasteiger partial charge in [-0.3, -0.25) is 4.79 Å². The van der Waals surface area contributed by atoms with Gasteiger partial charge in [0, 0.05) is 10.1 Å². The molecule has 2 nitrogen and oxygen atoms in total. The number of hydrogen-bond acceptors (Lipinski definition) is 1. The fourth-order valence-electron chi connectivity index (χ4n) is 1.30. The summed E-state index contributed by atoms with van der Waals surface area (Å²) in [5.41, 5.74) is 5.99. The molecule has 0 spiro atoms. The topological polar surface area (TPSA) is 43.1 Å². The molecule has 0 saturated carbocycles. The van der Waals surface area contributed by atoms with E-state index < -0.39 is 0 Å². The first-order valence-corrected chi connectivity index (χ1v) is 4.68. The Labute approximate surface area is 75.0 Å². The van der Waals surface area contributed by atoms with E-state index in [0.29, 0.717) is 0 Å². The van der Waals surface area contributed by atoms with Gasteiger partial charge in [-0.1, -0.05) is 22.4 Å². The fourth-order valence-corrected chi connectivity index (χ4v) is 1.98. The molecule has 1 aliphatic rings. The maximum atomic E-state index is 10.9. The first kappa shape index (κ1) is 8.78. The van der Waals surface area contributed by atoms with E-state index >= 15 is 0 Å². The molecule has 0 aromatic carbocycles. The van der Waals surface area contributed by atoms with E-state index in [0.717, 1.165) is 35.7 Å². The third-order valence-electron chi connectivity index (χ3n) is 1.95. The molecule has 0 bridgehead atoms. The molecule has 3 heteroatoms. The molecule has 1 aliphatic carbocycles. The zero-order valence-corrected chi connectivity index (χ0v) is 7.99. The summed E-state index contributed by atoms with van der Waals surface area (Å²) < 4.78 is 1.02. The Bertz CT molecular complexity index is 198. The molecule has 1 rings (SSSR count). The number of halogens is 1. The van der Waals surface area contributed by atoms with Crippen LogP contribution in [0.3, 0.4) is 0 Å². The minimum atomic E-state index is -0.265. The number of rotatable bonds is 1. The van der Waals surface area contributed by atoms with Crippen LogP contribution in [0.5, 0.6) is 0 Å². The lowest BCUT2D eigenvalue weighted by molar-refractivity contribution is -0.114. The van der Waals surface area contributed by atoms with Crippen molar-refractivity contribution in [2.24, 2.45) is 5.73 Å². The molecular weight excluding hydrogens is 206 g/mol. The predicted octanol–water partition coefficient (Wildman–Crippen LogP) is 2.08. The van der Waals surface area contributed by atoms with Gasteiger partial charge in [-0.2, -0.15) is 0 Å². The molecule has 0 unspecified atom stereocenters. The second kappa shape index (κ2) is 3.90. The normalized spacial score (nSPS) is 19.7. The van der Waals surface area contributed by atoms with Crippen molar-refractivity contribution in [1.29, 1.82) is 0 Å². The van der Waals surface area contributed by atoms with Crippen molar-refractivity contribution in [2.45, 2.75) is 32.1 Å². The number of amides is 1. The van der Waals surface area contributed by atoms with E-state index in [1.807, 2.05) is 0 Å². The summed E-state index contributed by atoms with van der Waals surface area (Å²) in [6.07, 6.45) is 5.27. The molecule has 0 saturated heterocycles. The van der Waals surface area contributed by atoms with Crippen LogP contribution in [0.25, 0.3) is 0 Å². The number of carbonyl (C=O) groups is 1. The summed E-state index contributed by atoms with van der Waals surface area (Å²) >= 11 is 3.38. The van der Waals surface area contributed by atoms with Crippen molar-refractivity contribution in [3.8, 4) is 0 Å². The number of allylic oxidation sites excluding steroid dienone is 1. The highest BCUT2D eigenvalue weighted by Gasteiger charge is 2.12. The summed E-state index contributed by atoms with van der Waals surface area (Å²) in [7, 11) is 0. The summed E-state index contributed by atoms with van der Waals surface area (Å²) in [5, 5.41) is 0. The second-order valence-electron chi connectivity index (χ2n) is 2.81. The Balaban J connectivity index is 2.76. The third kappa shape index (κ3) is 2.33. The zero-order valence-electron chi connectivity index (χ0n) is 6.40. The average molecular weight is 218 g/mol. The smallest absolute Gasteiger partial charge is 0.245 e. The molecule has 62 valence electrons. The molecule has 11 heavy (non-hydrogen) atoms. The summed E-state index contributed by atoms with van der Waals surface area (Å²) in [6, 6.07) is 0. The Hall–Kier alpha value is -0.310. The molecule has 0 radical (unpaired) electrons. The highest BCUT2D eigenvalue weighted by Crippen LogP contribution is 2.27. The van der Waals surface area contributed by atoms with Gasteiger partial charge in [-0.25, -0.2) is 0 Å². The number of primary amides is 1. The SMILES string of the molecule is NC(=O)C1=C(Br)CCCCC1. The molecule has 0 fully saturated rings. The van der Waals surface area contributed by atoms with Crippen molar-refractivity contribution >= 4 is 21.8 Å². The van der Waals surface area contributed by atoms with Gasteiger partial charge in [0.05, 0.1) is 0 Å². The monoisotopic (exact) mass is 217 g/mol. The minimum absolute atomic E-state index is 0.265. The lowest BCUT2D eigenvalue weighted by Gasteiger charge is -2.00. The van der Waals surface area contributed by atoms with Gasteiger partial charge < -0.3 is 5.73 Å². The van der Waals surface area contributed by atoms with Crippen molar-refractivity contribution < 1.29 is 4.79 Å². The van der Waals surface area contributed by atoms with Crippen molar-refractivity contribution in [2.75, 3.05) is 0 Å². The van der Waals surface area contributed by atoms with E-state index in [2.05, 4.69) is 15.9 Å². The van der Waals surface area contributed by atoms with Gasteiger partial charge in [0.25, 0.3) is 0 Å². The highest BCUT2D eigenvalue weighted by atomic mass is 79.9. The van der Waals surface area contributed by atoms with Gasteiger partial charge in [0.2, 0.25) is 5.91 Å². The maximum absolute atomic E-state index is 10.9. The Morgan fingerprint density at radius 1 is 1.27 bits per heavy atom. The van der Waals surface area contributed by atoms with Gasteiger partial charge in [0.1, 0.15) is 0 Å². The number of nitrogens with two attached hydrogens (primary N) is 1. The second-order valence-corrected chi connectivity index (χ2v) is 3.77. The van der Waals surface area contributed by atoms with Crippen molar-refractivity contribution in [3.05, 3.63) is 10.1 Å². The lowest BCUT2D eigenvalue weighted by Crippen LogP contribution is -2.14. The Morgan fingerprint density at radius 3 is 2.55 bits per heavy atom. The lowest BCUT2D eigenvalue weighted by atomic mass is 10.1. The van der Waals surface area contributed by atoms with Gasteiger partial charge in [-0.15, -0.1) is 0 Å². The van der Waals surface area contributed by atoms with Crippen LogP contribution in [0.4, 0.5) is 0 Å². The van der Waals surface area contributed by atoms with Crippen LogP contribution in [0, 0.1) is 0 Å². The largest absolute Gasteiger partial charge is 0.366 e. The molecular formula is C8H12BrNO. The van der Waals surface area contributed by atoms with Crippen LogP contribution >= 0.6 is 15.9 Å². The van der Waals surface area contributed by atoms with E-state index in [1.54, 1.807) is 0 Å². The third-order valence-corrected chi connectivity index (χ3v) is 2.82. The summed E-state index contributed by atoms with van der Waals surface area (Å²) in [6.45, 7) is 0. The van der Waals surface area contributed by atoms with E-state index in [1.165, 1.54) is 6.42 Å². The molecule has 0 heterocycles. The van der Waals surface area contributed by atoms with Gasteiger partial charge >= 0.3 is 0 Å². The molecule has 0 aliphatic heterocycles. The average Bonchev–Trinajstić information content (AvgIpc) is 2.13. The van der Waals surface area contributed by atoms with Crippen LogP contribution in [-0.2, 0) is 4.79 Å². The zero-order chi connectivity index (χ0) is 8.27. The van der Waals surface area contributed by atoms with Gasteiger partial charge in [-0.05, 0) is 25.7 Å². The number of hydrogen-bond donors (Lipinski definition) is 1. The molecule has 1 amide bonds. The van der Waals surface area contributed by atoms with Gasteiger partial charge in [0.15, 0.2) is 0 Å². The Kier molecular flexibility index (Phi) is 3.12. The maximum Gasteiger partial charge on any atom is 0.245 e. The first-order chi connectivity index (χ1) is 5.22. The van der Waals surface area contributed by atoms with Crippen LogP contribution in [-0.4, -0.2) is 5.91 Å². The van der Waals surface area contributed by atoms with Crippen LogP contribution < -0.4 is 5.73 Å². The van der Waals surface area contributed by atoms with Crippen LogP contribution in [0.2, 0.25) is 0 Å². The predicted molar refractivity (Wildman–Crippen MR) is 48.2 cm³/mol. The number of carbonyl (C=O) groups excluding carboxylic acids is 1. The van der Waals surface area contributed by atoms with Crippen molar-refractivity contribution in [1.82, 2.24) is 0 Å². The molecule has 0 atom stereocenters. The quantitative estimate of drug-likeness (QED) is 0.719. The van der Waals surface area contributed by atoms with E-state index in [4.69, 9.17) is 5.73 Å². The van der Waals surface area contributed by atoms with Crippen LogP contribution in [0.1, 0.15) is 32.1 Å². The van der Waals surface area contributed by atoms with Crippen molar-refractivity contribution in [3.63, 3.8) is 0 Å². The molecule has 0 aromatic heterocycles.